The zero-order valence-electron chi connectivity index (χ0n) is 10.1. The predicted molar refractivity (Wildman–Crippen MR) is 71.3 cm³/mol. The Kier molecular flexibility index (Phi) is 5.97. The smallest absolute Gasteiger partial charge is 0.328 e. The molecule has 0 saturated carbocycles. The summed E-state index contributed by atoms with van der Waals surface area (Å²) in [4.78, 5) is 24.5. The van der Waals surface area contributed by atoms with E-state index in [-0.39, 0.29) is 5.60 Å². The van der Waals surface area contributed by atoms with Crippen molar-refractivity contribution in [1.29, 1.82) is 0 Å². The van der Waals surface area contributed by atoms with Crippen LogP contribution < -0.4 is 5.32 Å². The number of piperidine rings is 1. The minimum atomic E-state index is -1.26. The van der Waals surface area contributed by atoms with Gasteiger partial charge in [-0.2, -0.15) is 0 Å². The highest BCUT2D eigenvalue weighted by molar-refractivity contribution is 9.18. The molecule has 2 aliphatic rings. The first-order chi connectivity index (χ1) is 8.93. The Hall–Kier alpha value is -1.41. The first kappa shape index (κ1) is 15.6. The zero-order chi connectivity index (χ0) is 14.3. The van der Waals surface area contributed by atoms with Gasteiger partial charge in [0.25, 0.3) is 0 Å². The highest BCUT2D eigenvalue weighted by atomic mass is 79.9. The molecule has 1 spiro atoms. The van der Waals surface area contributed by atoms with Gasteiger partial charge in [-0.15, -0.1) is 0 Å². The molecule has 0 bridgehead atoms. The Morgan fingerprint density at radius 3 is 2.37 bits per heavy atom. The van der Waals surface area contributed by atoms with E-state index in [0.717, 1.165) is 30.6 Å². The van der Waals surface area contributed by atoms with E-state index in [0.29, 0.717) is 12.2 Å². The highest BCUT2D eigenvalue weighted by Crippen LogP contribution is 2.31. The second-order valence-corrected chi connectivity index (χ2v) is 5.12. The Morgan fingerprint density at radius 1 is 1.37 bits per heavy atom. The molecule has 1 unspecified atom stereocenters. The number of carbonyl (C=O) groups is 2. The lowest BCUT2D eigenvalue weighted by Gasteiger charge is -2.30. The number of halogens is 1. The van der Waals surface area contributed by atoms with Crippen molar-refractivity contribution in [3.05, 3.63) is 12.2 Å². The predicted octanol–water partition coefficient (Wildman–Crippen LogP) is 0.949. The summed E-state index contributed by atoms with van der Waals surface area (Å²) in [7, 11) is 0. The topological polar surface area (TPSA) is 108 Å². The maximum Gasteiger partial charge on any atom is 0.328 e. The van der Waals surface area contributed by atoms with Gasteiger partial charge in [-0.3, -0.25) is 0 Å². The SMILES string of the molecule is BrC1=NOC2(CCCNC2)C1.O=C(O)/C=C/C(=O)O. The molecule has 1 fully saturated rings. The van der Waals surface area contributed by atoms with Gasteiger partial charge in [-0.25, -0.2) is 9.59 Å². The van der Waals surface area contributed by atoms with Crippen LogP contribution in [0.3, 0.4) is 0 Å². The minimum Gasteiger partial charge on any atom is -0.478 e. The minimum absolute atomic E-state index is 0.0168. The monoisotopic (exact) mass is 334 g/mol. The Balaban J connectivity index is 0.000000203. The van der Waals surface area contributed by atoms with E-state index >= 15 is 0 Å². The van der Waals surface area contributed by atoms with Crippen LogP contribution in [0.4, 0.5) is 0 Å². The van der Waals surface area contributed by atoms with Gasteiger partial charge in [-0.1, -0.05) is 5.16 Å². The second-order valence-electron chi connectivity index (χ2n) is 4.21. The molecule has 0 aromatic carbocycles. The molecule has 0 amide bonds. The Morgan fingerprint density at radius 2 is 2.00 bits per heavy atom. The largest absolute Gasteiger partial charge is 0.478 e. The van der Waals surface area contributed by atoms with Gasteiger partial charge in [0.2, 0.25) is 0 Å². The summed E-state index contributed by atoms with van der Waals surface area (Å²) in [5.74, 6) is -2.51. The molecule has 3 N–H and O–H groups in total. The number of oxime groups is 1. The average Bonchev–Trinajstić information content (AvgIpc) is 2.70. The zero-order valence-corrected chi connectivity index (χ0v) is 11.7. The molecule has 1 saturated heterocycles. The molecule has 0 radical (unpaired) electrons. The van der Waals surface area contributed by atoms with Crippen LogP contribution in [0.5, 0.6) is 0 Å². The Labute approximate surface area is 118 Å². The molecule has 0 aromatic heterocycles. The van der Waals surface area contributed by atoms with Gasteiger partial charge >= 0.3 is 11.9 Å². The molecule has 0 aromatic rings. The lowest BCUT2D eigenvalue weighted by atomic mass is 9.92. The van der Waals surface area contributed by atoms with Crippen LogP contribution in [-0.2, 0) is 14.4 Å². The van der Waals surface area contributed by atoms with Crippen LogP contribution in [-0.4, -0.2) is 45.5 Å². The van der Waals surface area contributed by atoms with E-state index < -0.39 is 11.9 Å². The number of carboxylic acid groups (broad SMARTS) is 2. The second kappa shape index (κ2) is 7.25. The molecule has 1 atom stereocenters. The van der Waals surface area contributed by atoms with Crippen LogP contribution in [0.1, 0.15) is 19.3 Å². The molecule has 2 rings (SSSR count). The lowest BCUT2D eigenvalue weighted by molar-refractivity contribution is -0.134. The highest BCUT2D eigenvalue weighted by Gasteiger charge is 2.39. The summed E-state index contributed by atoms with van der Waals surface area (Å²) >= 11 is 3.35. The molecular formula is C11H15BrN2O5. The van der Waals surface area contributed by atoms with E-state index in [1.165, 1.54) is 6.42 Å². The van der Waals surface area contributed by atoms with Gasteiger partial charge in [0, 0.05) is 25.1 Å². The standard InChI is InChI=1S/C7H11BrN2O.C4H4O4/c8-6-4-7(11-10-6)2-1-3-9-5-7;5-3(6)1-2-4(7)8/h9H,1-5H2;1-2H,(H,5,6)(H,7,8)/b;2-1+. The fraction of sp³-hybridized carbons (Fsp3) is 0.545. The summed E-state index contributed by atoms with van der Waals surface area (Å²) < 4.78 is 0.946. The molecular weight excluding hydrogens is 320 g/mol. The molecule has 2 heterocycles. The van der Waals surface area contributed by atoms with Crippen LogP contribution in [0.2, 0.25) is 0 Å². The van der Waals surface area contributed by atoms with Gasteiger partial charge in [-0.05, 0) is 35.3 Å². The normalized spacial score (nSPS) is 25.4. The number of hydrogen-bond donors (Lipinski definition) is 3. The maximum atomic E-state index is 9.55. The van der Waals surface area contributed by atoms with Crippen LogP contribution in [0, 0.1) is 0 Å². The van der Waals surface area contributed by atoms with Gasteiger partial charge in [0.15, 0.2) is 5.60 Å². The third-order valence-electron chi connectivity index (χ3n) is 2.61. The molecule has 0 aliphatic carbocycles. The molecule has 2 aliphatic heterocycles. The fourth-order valence-electron chi connectivity index (χ4n) is 1.79. The summed E-state index contributed by atoms with van der Waals surface area (Å²) in [6, 6.07) is 0. The lowest BCUT2D eigenvalue weighted by Crippen LogP contribution is -2.45. The van der Waals surface area contributed by atoms with Crippen molar-refractivity contribution in [3.63, 3.8) is 0 Å². The number of nitrogens with one attached hydrogen (secondary N) is 1. The van der Waals surface area contributed by atoms with Crippen molar-refractivity contribution >= 4 is 32.5 Å². The fourth-order valence-corrected chi connectivity index (χ4v) is 2.37. The van der Waals surface area contributed by atoms with Crippen molar-refractivity contribution in [1.82, 2.24) is 5.32 Å². The van der Waals surface area contributed by atoms with Crippen LogP contribution in [0.15, 0.2) is 17.3 Å². The van der Waals surface area contributed by atoms with Crippen molar-refractivity contribution in [2.24, 2.45) is 5.16 Å². The molecule has 8 heteroatoms. The van der Waals surface area contributed by atoms with E-state index in [1.54, 1.807) is 0 Å². The number of carboxylic acids is 2. The molecule has 106 valence electrons. The summed E-state index contributed by atoms with van der Waals surface area (Å²) in [6.45, 7) is 2.05. The van der Waals surface area contributed by atoms with Crippen molar-refractivity contribution in [3.8, 4) is 0 Å². The average molecular weight is 335 g/mol. The maximum absolute atomic E-state index is 9.55. The van der Waals surface area contributed by atoms with Crippen LogP contribution >= 0.6 is 15.9 Å². The first-order valence-electron chi connectivity index (χ1n) is 5.69. The van der Waals surface area contributed by atoms with E-state index in [2.05, 4.69) is 26.4 Å². The number of nitrogens with zero attached hydrogens (tertiary/aromatic N) is 1. The summed E-state index contributed by atoms with van der Waals surface area (Å²) in [5.41, 5.74) is -0.0168. The summed E-state index contributed by atoms with van der Waals surface area (Å²) in [5, 5.41) is 22.8. The number of hydrogen-bond acceptors (Lipinski definition) is 5. The third kappa shape index (κ3) is 5.84. The first-order valence-corrected chi connectivity index (χ1v) is 6.48. The van der Waals surface area contributed by atoms with Crippen LogP contribution in [0.25, 0.3) is 0 Å². The quantitative estimate of drug-likeness (QED) is 0.649. The van der Waals surface area contributed by atoms with E-state index in [4.69, 9.17) is 15.1 Å². The van der Waals surface area contributed by atoms with Crippen molar-refractivity contribution in [2.75, 3.05) is 13.1 Å². The van der Waals surface area contributed by atoms with Crippen molar-refractivity contribution < 1.29 is 24.6 Å². The Bertz CT molecular complexity index is 386. The van der Waals surface area contributed by atoms with Gasteiger partial charge in [0.05, 0.1) is 0 Å². The number of rotatable bonds is 2. The van der Waals surface area contributed by atoms with Gasteiger partial charge in [0.1, 0.15) is 4.62 Å². The molecule has 19 heavy (non-hydrogen) atoms. The molecule has 7 nitrogen and oxygen atoms in total. The van der Waals surface area contributed by atoms with Gasteiger partial charge < -0.3 is 20.4 Å². The number of aliphatic carboxylic acids is 2. The van der Waals surface area contributed by atoms with E-state index in [9.17, 15) is 9.59 Å². The third-order valence-corrected chi connectivity index (χ3v) is 3.03. The van der Waals surface area contributed by atoms with E-state index in [1.807, 2.05) is 0 Å². The summed E-state index contributed by atoms with van der Waals surface area (Å²) in [6.07, 6.45) is 4.36. The van der Waals surface area contributed by atoms with Crippen molar-refractivity contribution in [2.45, 2.75) is 24.9 Å².